The van der Waals surface area contributed by atoms with Gasteiger partial charge in [0.15, 0.2) is 6.61 Å². The van der Waals surface area contributed by atoms with E-state index in [9.17, 15) is 9.59 Å². The fraction of sp³-hybridized carbons (Fsp3) is 0.176. The average Bonchev–Trinajstić information content (AvgIpc) is 2.53. The molecule has 0 aliphatic heterocycles. The predicted molar refractivity (Wildman–Crippen MR) is 83.4 cm³/mol. The highest BCUT2D eigenvalue weighted by molar-refractivity contribution is 5.95. The van der Waals surface area contributed by atoms with Crippen molar-refractivity contribution in [2.24, 2.45) is 5.73 Å². The summed E-state index contributed by atoms with van der Waals surface area (Å²) < 4.78 is 5.43. The monoisotopic (exact) mass is 298 g/mol. The molecule has 0 unspecified atom stereocenters. The maximum Gasteiger partial charge on any atom is 0.260 e. The molecular formula is C17H18N2O3. The summed E-state index contributed by atoms with van der Waals surface area (Å²) in [7, 11) is 1.71. The molecule has 0 atom stereocenters. The van der Waals surface area contributed by atoms with Crippen LogP contribution in [0, 0.1) is 0 Å². The second-order valence-corrected chi connectivity index (χ2v) is 4.88. The number of ether oxygens (including phenoxy) is 1. The SMILES string of the molecule is CN(Cc1ccccc1)C(=O)COc1ccccc1C(N)=O. The molecule has 0 fully saturated rings. The Balaban J connectivity index is 1.94. The molecule has 0 aromatic heterocycles. The lowest BCUT2D eigenvalue weighted by Crippen LogP contribution is -2.31. The second-order valence-electron chi connectivity index (χ2n) is 4.88. The quantitative estimate of drug-likeness (QED) is 0.884. The summed E-state index contributed by atoms with van der Waals surface area (Å²) in [5.41, 5.74) is 6.57. The molecule has 2 aromatic rings. The standard InChI is InChI=1S/C17H18N2O3/c1-19(11-13-7-3-2-4-8-13)16(20)12-22-15-10-6-5-9-14(15)17(18)21/h2-10H,11-12H2,1H3,(H2,18,21). The topological polar surface area (TPSA) is 72.6 Å². The van der Waals surface area contributed by atoms with E-state index in [4.69, 9.17) is 10.5 Å². The van der Waals surface area contributed by atoms with Crippen molar-refractivity contribution in [3.8, 4) is 5.75 Å². The van der Waals surface area contributed by atoms with E-state index in [0.29, 0.717) is 12.3 Å². The molecule has 0 saturated heterocycles. The van der Waals surface area contributed by atoms with Crippen LogP contribution in [-0.2, 0) is 11.3 Å². The van der Waals surface area contributed by atoms with Crippen molar-refractivity contribution in [3.63, 3.8) is 0 Å². The van der Waals surface area contributed by atoms with Gasteiger partial charge in [-0.25, -0.2) is 0 Å². The van der Waals surface area contributed by atoms with E-state index in [1.165, 1.54) is 0 Å². The highest BCUT2D eigenvalue weighted by atomic mass is 16.5. The van der Waals surface area contributed by atoms with Gasteiger partial charge in [0.25, 0.3) is 11.8 Å². The van der Waals surface area contributed by atoms with Crippen LogP contribution < -0.4 is 10.5 Å². The van der Waals surface area contributed by atoms with Crippen molar-refractivity contribution in [1.29, 1.82) is 0 Å². The Labute approximate surface area is 129 Å². The molecule has 2 N–H and O–H groups in total. The highest BCUT2D eigenvalue weighted by Gasteiger charge is 2.13. The normalized spacial score (nSPS) is 10.0. The van der Waals surface area contributed by atoms with E-state index in [0.717, 1.165) is 5.56 Å². The number of primary amides is 1. The molecule has 0 radical (unpaired) electrons. The van der Waals surface area contributed by atoms with Crippen molar-refractivity contribution in [2.75, 3.05) is 13.7 Å². The lowest BCUT2D eigenvalue weighted by molar-refractivity contribution is -0.132. The van der Waals surface area contributed by atoms with E-state index in [1.54, 1.807) is 36.2 Å². The number of hydrogen-bond donors (Lipinski definition) is 1. The number of carbonyl (C=O) groups is 2. The Kier molecular flexibility index (Phi) is 5.14. The molecule has 0 bridgehead atoms. The first-order valence-corrected chi connectivity index (χ1v) is 6.87. The zero-order valence-electron chi connectivity index (χ0n) is 12.4. The van der Waals surface area contributed by atoms with Gasteiger partial charge in [0.1, 0.15) is 5.75 Å². The maximum absolute atomic E-state index is 12.1. The second kappa shape index (κ2) is 7.26. The van der Waals surface area contributed by atoms with Gasteiger partial charge in [-0.2, -0.15) is 0 Å². The average molecular weight is 298 g/mol. The van der Waals surface area contributed by atoms with Crippen molar-refractivity contribution in [1.82, 2.24) is 4.90 Å². The summed E-state index contributed by atoms with van der Waals surface area (Å²) in [4.78, 5) is 24.9. The summed E-state index contributed by atoms with van der Waals surface area (Å²) >= 11 is 0. The van der Waals surface area contributed by atoms with Crippen LogP contribution in [0.15, 0.2) is 54.6 Å². The molecule has 2 rings (SSSR count). The van der Waals surface area contributed by atoms with E-state index in [2.05, 4.69) is 0 Å². The van der Waals surface area contributed by atoms with Gasteiger partial charge in [-0.05, 0) is 17.7 Å². The number of likely N-dealkylation sites (N-methyl/N-ethyl adjacent to an activating group) is 1. The number of rotatable bonds is 6. The minimum absolute atomic E-state index is 0.145. The van der Waals surface area contributed by atoms with Gasteiger partial charge < -0.3 is 15.4 Å². The van der Waals surface area contributed by atoms with Crippen molar-refractivity contribution >= 4 is 11.8 Å². The van der Waals surface area contributed by atoms with Crippen LogP contribution in [0.2, 0.25) is 0 Å². The molecular weight excluding hydrogens is 280 g/mol. The first-order chi connectivity index (χ1) is 10.6. The van der Waals surface area contributed by atoms with Gasteiger partial charge in [0.05, 0.1) is 5.56 Å². The Morgan fingerprint density at radius 2 is 1.68 bits per heavy atom. The number of nitrogens with zero attached hydrogens (tertiary/aromatic N) is 1. The number of hydrogen-bond acceptors (Lipinski definition) is 3. The van der Waals surface area contributed by atoms with E-state index < -0.39 is 5.91 Å². The fourth-order valence-electron chi connectivity index (χ4n) is 1.99. The third kappa shape index (κ3) is 4.09. The zero-order valence-corrected chi connectivity index (χ0v) is 12.4. The number of amides is 2. The molecule has 0 heterocycles. The van der Waals surface area contributed by atoms with Gasteiger partial charge in [-0.1, -0.05) is 42.5 Å². The van der Waals surface area contributed by atoms with Crippen LogP contribution in [0.4, 0.5) is 0 Å². The van der Waals surface area contributed by atoms with Crippen LogP contribution in [0.25, 0.3) is 0 Å². The van der Waals surface area contributed by atoms with Gasteiger partial charge in [0, 0.05) is 13.6 Å². The van der Waals surface area contributed by atoms with Gasteiger partial charge >= 0.3 is 0 Å². The van der Waals surface area contributed by atoms with E-state index in [-0.39, 0.29) is 18.1 Å². The molecule has 0 aliphatic rings. The van der Waals surface area contributed by atoms with Crippen LogP contribution in [0.1, 0.15) is 15.9 Å². The summed E-state index contributed by atoms with van der Waals surface area (Å²) in [6, 6.07) is 16.3. The maximum atomic E-state index is 12.1. The zero-order chi connectivity index (χ0) is 15.9. The highest BCUT2D eigenvalue weighted by Crippen LogP contribution is 2.17. The molecule has 2 amide bonds. The van der Waals surface area contributed by atoms with Crippen molar-refractivity contribution in [3.05, 3.63) is 65.7 Å². The van der Waals surface area contributed by atoms with Crippen LogP contribution in [0.3, 0.4) is 0 Å². The molecule has 0 saturated carbocycles. The Hall–Kier alpha value is -2.82. The van der Waals surface area contributed by atoms with Crippen LogP contribution in [0.5, 0.6) is 5.75 Å². The molecule has 0 aliphatic carbocycles. The smallest absolute Gasteiger partial charge is 0.260 e. The Bertz CT molecular complexity index is 656. The molecule has 22 heavy (non-hydrogen) atoms. The van der Waals surface area contributed by atoms with E-state index in [1.807, 2.05) is 30.3 Å². The third-order valence-electron chi connectivity index (χ3n) is 3.19. The number of carbonyl (C=O) groups excluding carboxylic acids is 2. The van der Waals surface area contributed by atoms with Crippen LogP contribution >= 0.6 is 0 Å². The molecule has 114 valence electrons. The molecule has 2 aromatic carbocycles. The molecule has 5 heteroatoms. The fourth-order valence-corrected chi connectivity index (χ4v) is 1.99. The first kappa shape index (κ1) is 15.6. The minimum atomic E-state index is -0.583. The Morgan fingerprint density at radius 3 is 2.36 bits per heavy atom. The van der Waals surface area contributed by atoms with Crippen LogP contribution in [-0.4, -0.2) is 30.4 Å². The molecule has 0 spiro atoms. The predicted octanol–water partition coefficient (Wildman–Crippen LogP) is 1.82. The minimum Gasteiger partial charge on any atom is -0.483 e. The number of benzene rings is 2. The van der Waals surface area contributed by atoms with Gasteiger partial charge in [0.2, 0.25) is 0 Å². The van der Waals surface area contributed by atoms with Crippen molar-refractivity contribution < 1.29 is 14.3 Å². The summed E-state index contributed by atoms with van der Waals surface area (Å²) in [6.45, 7) is 0.355. The summed E-state index contributed by atoms with van der Waals surface area (Å²) in [5, 5.41) is 0. The number of para-hydroxylation sites is 1. The Morgan fingerprint density at radius 1 is 1.05 bits per heavy atom. The number of nitrogens with two attached hydrogens (primary N) is 1. The van der Waals surface area contributed by atoms with E-state index >= 15 is 0 Å². The summed E-state index contributed by atoms with van der Waals surface area (Å²) in [6.07, 6.45) is 0. The van der Waals surface area contributed by atoms with Gasteiger partial charge in [-0.15, -0.1) is 0 Å². The lowest BCUT2D eigenvalue weighted by atomic mass is 10.2. The third-order valence-corrected chi connectivity index (χ3v) is 3.19. The molecule has 5 nitrogen and oxygen atoms in total. The summed E-state index contributed by atoms with van der Waals surface area (Å²) in [5.74, 6) is -0.444. The largest absolute Gasteiger partial charge is 0.483 e. The lowest BCUT2D eigenvalue weighted by Gasteiger charge is -2.18. The first-order valence-electron chi connectivity index (χ1n) is 6.87. The van der Waals surface area contributed by atoms with Gasteiger partial charge in [-0.3, -0.25) is 9.59 Å². The van der Waals surface area contributed by atoms with Crippen molar-refractivity contribution in [2.45, 2.75) is 6.54 Å².